The summed E-state index contributed by atoms with van der Waals surface area (Å²) in [6.45, 7) is 14.3. The van der Waals surface area contributed by atoms with Crippen molar-refractivity contribution < 1.29 is 19.4 Å². The summed E-state index contributed by atoms with van der Waals surface area (Å²) in [5, 5.41) is 14.3. The fourth-order valence-corrected chi connectivity index (χ4v) is 3.96. The predicted octanol–water partition coefficient (Wildman–Crippen LogP) is 5.89. The number of ketones is 1. The zero-order valence-electron chi connectivity index (χ0n) is 20.3. The largest absolute Gasteiger partial charge is 0.508 e. The zero-order valence-corrected chi connectivity index (χ0v) is 21.4. The number of phenols is 1. The van der Waals surface area contributed by atoms with Crippen molar-refractivity contribution in [2.75, 3.05) is 11.9 Å². The third-order valence-electron chi connectivity index (χ3n) is 5.29. The van der Waals surface area contributed by atoms with Crippen LogP contribution in [0.4, 0.5) is 5.69 Å². The SMILES string of the molecule is CCO/C=C(\C(=O)Nc1cc(O)c(C(C)(C)C)cc1C(C)(C)C)C(=O)C1=CCCC=C1P. The molecule has 0 spiro atoms. The molecule has 5 nitrogen and oxygen atoms in total. The summed E-state index contributed by atoms with van der Waals surface area (Å²) in [7, 11) is 2.56. The number of rotatable bonds is 6. The molecule has 1 aromatic rings. The Morgan fingerprint density at radius 1 is 1.06 bits per heavy atom. The number of carbonyl (C=O) groups is 2. The van der Waals surface area contributed by atoms with Gasteiger partial charge in [0.05, 0.1) is 12.9 Å². The lowest BCUT2D eigenvalue weighted by Crippen LogP contribution is -2.25. The van der Waals surface area contributed by atoms with E-state index in [-0.39, 0.29) is 27.9 Å². The fraction of sp³-hybridized carbons (Fsp3) is 0.462. The Labute approximate surface area is 194 Å². The van der Waals surface area contributed by atoms with Crippen LogP contribution in [-0.4, -0.2) is 23.4 Å². The van der Waals surface area contributed by atoms with Gasteiger partial charge >= 0.3 is 0 Å². The van der Waals surface area contributed by atoms with Crippen molar-refractivity contribution in [3.63, 3.8) is 0 Å². The Kier molecular flexibility index (Phi) is 8.12. The third-order valence-corrected chi connectivity index (χ3v) is 5.84. The maximum Gasteiger partial charge on any atom is 0.262 e. The minimum atomic E-state index is -0.568. The summed E-state index contributed by atoms with van der Waals surface area (Å²) in [6.07, 6.45) is 6.65. The molecule has 1 aliphatic rings. The van der Waals surface area contributed by atoms with Crippen LogP contribution >= 0.6 is 9.24 Å². The van der Waals surface area contributed by atoms with E-state index in [1.165, 1.54) is 6.26 Å². The number of hydrogen-bond donors (Lipinski definition) is 2. The van der Waals surface area contributed by atoms with Crippen LogP contribution in [0.1, 0.15) is 72.4 Å². The van der Waals surface area contributed by atoms with E-state index >= 15 is 0 Å². The van der Waals surface area contributed by atoms with E-state index in [0.29, 0.717) is 17.9 Å². The monoisotopic (exact) mass is 457 g/mol. The van der Waals surface area contributed by atoms with Gasteiger partial charge in [-0.2, -0.15) is 0 Å². The van der Waals surface area contributed by atoms with Gasteiger partial charge in [0, 0.05) is 17.3 Å². The van der Waals surface area contributed by atoms with Gasteiger partial charge in [0.15, 0.2) is 0 Å². The number of phenolic OH excluding ortho intramolecular Hbond substituents is 1. The highest BCUT2D eigenvalue weighted by atomic mass is 31.0. The van der Waals surface area contributed by atoms with E-state index in [0.717, 1.165) is 29.3 Å². The predicted molar refractivity (Wildman–Crippen MR) is 134 cm³/mol. The summed E-state index contributed by atoms with van der Waals surface area (Å²) in [5.41, 5.74) is 2.00. The van der Waals surface area contributed by atoms with Crippen molar-refractivity contribution in [1.82, 2.24) is 0 Å². The van der Waals surface area contributed by atoms with Crippen molar-refractivity contribution >= 4 is 26.6 Å². The minimum Gasteiger partial charge on any atom is -0.508 e. The second-order valence-electron chi connectivity index (χ2n) is 10.0. The normalized spacial score (nSPS) is 15.1. The number of Topliss-reactive ketones (excluding diaryl/α,β-unsaturated/α-hetero) is 1. The Morgan fingerprint density at radius 3 is 2.19 bits per heavy atom. The highest BCUT2D eigenvalue weighted by molar-refractivity contribution is 7.23. The van der Waals surface area contributed by atoms with Crippen molar-refractivity contribution in [1.29, 1.82) is 0 Å². The van der Waals surface area contributed by atoms with Crippen molar-refractivity contribution in [2.24, 2.45) is 0 Å². The van der Waals surface area contributed by atoms with E-state index in [1.54, 1.807) is 13.0 Å². The number of hydrogen-bond acceptors (Lipinski definition) is 4. The molecule has 2 N–H and O–H groups in total. The van der Waals surface area contributed by atoms with Crippen molar-refractivity contribution in [2.45, 2.75) is 72.1 Å². The summed E-state index contributed by atoms with van der Waals surface area (Å²) >= 11 is 0. The highest BCUT2D eigenvalue weighted by Crippen LogP contribution is 2.40. The minimum absolute atomic E-state index is 0.0763. The fourth-order valence-electron chi connectivity index (χ4n) is 3.54. The van der Waals surface area contributed by atoms with Crippen LogP contribution in [0.3, 0.4) is 0 Å². The quantitative estimate of drug-likeness (QED) is 0.183. The second kappa shape index (κ2) is 10.0. The second-order valence-corrected chi connectivity index (χ2v) is 10.7. The molecule has 0 saturated carbocycles. The Morgan fingerprint density at radius 2 is 1.66 bits per heavy atom. The summed E-state index contributed by atoms with van der Waals surface area (Å²) in [5.74, 6) is -0.849. The van der Waals surface area contributed by atoms with E-state index in [4.69, 9.17) is 4.74 Å². The Bertz CT molecular complexity index is 988. The first-order chi connectivity index (χ1) is 14.8. The van der Waals surface area contributed by atoms with Crippen LogP contribution in [-0.2, 0) is 25.2 Å². The van der Waals surface area contributed by atoms with Gasteiger partial charge in [-0.25, -0.2) is 0 Å². The maximum atomic E-state index is 13.3. The summed E-state index contributed by atoms with van der Waals surface area (Å²) in [6, 6.07) is 3.51. The van der Waals surface area contributed by atoms with Crippen LogP contribution in [0.15, 0.2) is 47.0 Å². The average molecular weight is 458 g/mol. The molecule has 0 aliphatic heterocycles. The third kappa shape index (κ3) is 6.10. The molecule has 0 heterocycles. The molecule has 174 valence electrons. The molecule has 0 radical (unpaired) electrons. The van der Waals surface area contributed by atoms with Gasteiger partial charge in [0.1, 0.15) is 11.3 Å². The Hall–Kier alpha value is -2.39. The number of amides is 1. The molecule has 2 rings (SSSR count). The first kappa shape index (κ1) is 25.9. The molecule has 1 aromatic carbocycles. The lowest BCUT2D eigenvalue weighted by Gasteiger charge is -2.28. The van der Waals surface area contributed by atoms with Crippen LogP contribution < -0.4 is 5.32 Å². The van der Waals surface area contributed by atoms with Gasteiger partial charge < -0.3 is 15.2 Å². The summed E-state index contributed by atoms with van der Waals surface area (Å²) in [4.78, 5) is 26.5. The van der Waals surface area contributed by atoms with Gasteiger partial charge in [-0.1, -0.05) is 53.7 Å². The number of allylic oxidation sites excluding steroid dienone is 4. The molecule has 0 bridgehead atoms. The van der Waals surface area contributed by atoms with E-state index in [9.17, 15) is 14.7 Å². The highest BCUT2D eigenvalue weighted by Gasteiger charge is 2.29. The van der Waals surface area contributed by atoms with Gasteiger partial charge in [-0.15, -0.1) is 9.24 Å². The lowest BCUT2D eigenvalue weighted by atomic mass is 9.79. The van der Waals surface area contributed by atoms with Crippen LogP contribution in [0.2, 0.25) is 0 Å². The van der Waals surface area contributed by atoms with E-state index in [2.05, 4.69) is 14.6 Å². The number of anilines is 1. The average Bonchev–Trinajstić information content (AvgIpc) is 2.66. The van der Waals surface area contributed by atoms with Gasteiger partial charge in [0.25, 0.3) is 5.91 Å². The van der Waals surface area contributed by atoms with Gasteiger partial charge in [0.2, 0.25) is 5.78 Å². The van der Waals surface area contributed by atoms with Crippen LogP contribution in [0, 0.1) is 0 Å². The standard InChI is InChI=1S/C26H36NO4P/c1-8-31-15-17(23(29)16-11-9-10-12-22(16)32)24(30)27-20-14-21(28)19(26(5,6)7)13-18(20)25(2,3)4/h11-15,28H,8-10,32H2,1-7H3,(H,27,30)/b17-15-. The lowest BCUT2D eigenvalue weighted by molar-refractivity contribution is -0.118. The Balaban J connectivity index is 2.50. The molecular formula is C26H36NO4P. The van der Waals surface area contributed by atoms with Crippen molar-refractivity contribution in [3.05, 3.63) is 58.1 Å². The van der Waals surface area contributed by atoms with Crippen LogP contribution in [0.5, 0.6) is 5.75 Å². The first-order valence-electron chi connectivity index (χ1n) is 11.0. The number of ether oxygens (including phenoxy) is 1. The molecular weight excluding hydrogens is 421 g/mol. The molecule has 1 aliphatic carbocycles. The molecule has 32 heavy (non-hydrogen) atoms. The van der Waals surface area contributed by atoms with Crippen molar-refractivity contribution in [3.8, 4) is 5.75 Å². The van der Waals surface area contributed by atoms with Crippen LogP contribution in [0.25, 0.3) is 0 Å². The molecule has 1 amide bonds. The first-order valence-corrected chi connectivity index (χ1v) is 11.6. The maximum absolute atomic E-state index is 13.3. The smallest absolute Gasteiger partial charge is 0.262 e. The molecule has 0 fully saturated rings. The van der Waals surface area contributed by atoms with E-state index in [1.807, 2.05) is 59.8 Å². The number of benzene rings is 1. The molecule has 6 heteroatoms. The van der Waals surface area contributed by atoms with E-state index < -0.39 is 5.91 Å². The number of nitrogens with one attached hydrogen (secondary N) is 1. The number of aromatic hydroxyl groups is 1. The van der Waals surface area contributed by atoms with Gasteiger partial charge in [-0.05, 0) is 53.1 Å². The molecule has 1 atom stereocenters. The molecule has 0 aromatic heterocycles. The van der Waals surface area contributed by atoms with Gasteiger partial charge in [-0.3, -0.25) is 9.59 Å². The zero-order chi connectivity index (χ0) is 24.3. The summed E-state index contributed by atoms with van der Waals surface area (Å²) < 4.78 is 5.34. The molecule has 1 unspecified atom stereocenters. The molecule has 0 saturated heterocycles. The topological polar surface area (TPSA) is 75.6 Å². The number of carbonyl (C=O) groups excluding carboxylic acids is 2.